The van der Waals surface area contributed by atoms with Gasteiger partial charge in [0.1, 0.15) is 0 Å². The minimum Gasteiger partial charge on any atom is -0.329 e. The number of anilines is 1. The van der Waals surface area contributed by atoms with Crippen molar-refractivity contribution >= 4 is 38.1 Å². The maximum absolute atomic E-state index is 12.6. The predicted octanol–water partition coefficient (Wildman–Crippen LogP) is 0.276. The summed E-state index contributed by atoms with van der Waals surface area (Å²) in [6.45, 7) is 4.56. The zero-order chi connectivity index (χ0) is 18.8. The van der Waals surface area contributed by atoms with Crippen LogP contribution in [0.5, 0.6) is 0 Å². The quantitative estimate of drug-likeness (QED) is 0.727. The molecule has 25 heavy (non-hydrogen) atoms. The fourth-order valence-electron chi connectivity index (χ4n) is 2.59. The average molecular weight is 389 g/mol. The molecule has 0 spiro atoms. The predicted molar refractivity (Wildman–Crippen MR) is 97.5 cm³/mol. The van der Waals surface area contributed by atoms with Gasteiger partial charge in [-0.3, -0.25) is 14.9 Å². The molecule has 0 aliphatic carbocycles. The summed E-state index contributed by atoms with van der Waals surface area (Å²) in [7, 11) is 0.564. The van der Waals surface area contributed by atoms with Crippen LogP contribution < -0.4 is 5.32 Å². The molecule has 8 nitrogen and oxygen atoms in total. The Morgan fingerprint density at radius 1 is 1.28 bits per heavy atom. The number of carbonyl (C=O) groups is 2. The largest absolute Gasteiger partial charge is 0.329 e. The lowest BCUT2D eigenvalue weighted by molar-refractivity contribution is -0.144. The second-order valence-corrected chi connectivity index (χ2v) is 9.91. The molecular formula is C15H24N4O4S2. The molecule has 1 fully saturated rings. The smallest absolute Gasteiger partial charge is 0.315 e. The third kappa shape index (κ3) is 5.23. The number of nitrogens with zero attached hydrogens (tertiary/aromatic N) is 3. The van der Waals surface area contributed by atoms with Crippen LogP contribution in [0.25, 0.3) is 0 Å². The summed E-state index contributed by atoms with van der Waals surface area (Å²) in [6.07, 6.45) is 0.365. The third-order valence-corrected chi connectivity index (χ3v) is 6.88. The van der Waals surface area contributed by atoms with E-state index in [0.717, 1.165) is 10.6 Å². The molecule has 1 aromatic rings. The Hall–Kier alpha value is -1.52. The number of rotatable bonds is 5. The molecule has 0 radical (unpaired) electrons. The first kappa shape index (κ1) is 19.8. The van der Waals surface area contributed by atoms with E-state index in [4.69, 9.17) is 0 Å². The number of amides is 2. The fraction of sp³-hybridized carbons (Fsp3) is 0.667. The molecule has 1 aromatic heterocycles. The Bertz CT molecular complexity index is 738. The van der Waals surface area contributed by atoms with Crippen molar-refractivity contribution in [2.45, 2.75) is 26.3 Å². The fourth-order valence-corrected chi connectivity index (χ4v) is 5.13. The highest BCUT2D eigenvalue weighted by Gasteiger charge is 2.36. The van der Waals surface area contributed by atoms with Gasteiger partial charge >= 0.3 is 11.8 Å². The molecule has 1 N–H and O–H groups in total. The standard InChI is InChI=1S/C15H24N4O4S2/c1-10-11(2)24-15(16-10)17-13(20)14(21)19(7-6-18(3)4)12-5-8-25(22,23)9-12/h12H,5-9H2,1-4H3,(H,16,17,20). The van der Waals surface area contributed by atoms with Gasteiger partial charge in [-0.2, -0.15) is 0 Å². The minimum atomic E-state index is -3.15. The second kappa shape index (κ2) is 7.79. The van der Waals surface area contributed by atoms with E-state index < -0.39 is 27.7 Å². The molecule has 1 saturated heterocycles. The van der Waals surface area contributed by atoms with Gasteiger partial charge in [-0.25, -0.2) is 13.4 Å². The molecule has 2 heterocycles. The lowest BCUT2D eigenvalue weighted by atomic mass is 10.2. The van der Waals surface area contributed by atoms with Crippen molar-refractivity contribution in [3.05, 3.63) is 10.6 Å². The van der Waals surface area contributed by atoms with Gasteiger partial charge in [0.15, 0.2) is 15.0 Å². The van der Waals surface area contributed by atoms with E-state index >= 15 is 0 Å². The zero-order valence-electron chi connectivity index (χ0n) is 14.9. The number of sulfone groups is 1. The molecule has 0 aromatic carbocycles. The summed E-state index contributed by atoms with van der Waals surface area (Å²) >= 11 is 1.30. The molecule has 1 aliphatic rings. The maximum atomic E-state index is 12.6. The summed E-state index contributed by atoms with van der Waals surface area (Å²) in [4.78, 5) is 33.4. The number of hydrogen-bond acceptors (Lipinski definition) is 7. The van der Waals surface area contributed by atoms with Crippen molar-refractivity contribution in [3.8, 4) is 0 Å². The van der Waals surface area contributed by atoms with Crippen molar-refractivity contribution in [3.63, 3.8) is 0 Å². The lowest BCUT2D eigenvalue weighted by Crippen LogP contribution is -2.48. The highest BCUT2D eigenvalue weighted by Crippen LogP contribution is 2.22. The average Bonchev–Trinajstić information content (AvgIpc) is 3.01. The number of carbonyl (C=O) groups excluding carboxylic acids is 2. The number of thiazole rings is 1. The van der Waals surface area contributed by atoms with Gasteiger partial charge in [0, 0.05) is 24.0 Å². The summed E-state index contributed by atoms with van der Waals surface area (Å²) in [6, 6.07) is -0.456. The number of aryl methyl sites for hydroxylation is 2. The van der Waals surface area contributed by atoms with Crippen LogP contribution in [0.2, 0.25) is 0 Å². The van der Waals surface area contributed by atoms with Crippen LogP contribution in [0.1, 0.15) is 17.0 Å². The first-order valence-electron chi connectivity index (χ1n) is 8.00. The Morgan fingerprint density at radius 3 is 2.44 bits per heavy atom. The first-order chi connectivity index (χ1) is 11.6. The monoisotopic (exact) mass is 388 g/mol. The van der Waals surface area contributed by atoms with E-state index in [9.17, 15) is 18.0 Å². The van der Waals surface area contributed by atoms with Gasteiger partial charge < -0.3 is 9.80 Å². The zero-order valence-corrected chi connectivity index (χ0v) is 16.5. The number of hydrogen-bond donors (Lipinski definition) is 1. The minimum absolute atomic E-state index is 0.0515. The van der Waals surface area contributed by atoms with E-state index in [-0.39, 0.29) is 11.5 Å². The van der Waals surface area contributed by atoms with Crippen LogP contribution in [0, 0.1) is 13.8 Å². The van der Waals surface area contributed by atoms with Gasteiger partial charge in [0.05, 0.1) is 17.2 Å². The highest BCUT2D eigenvalue weighted by atomic mass is 32.2. The second-order valence-electron chi connectivity index (χ2n) is 6.47. The van der Waals surface area contributed by atoms with Gasteiger partial charge in [-0.1, -0.05) is 0 Å². The summed E-state index contributed by atoms with van der Waals surface area (Å²) in [5.74, 6) is -1.53. The molecule has 1 atom stereocenters. The number of aromatic nitrogens is 1. The molecule has 10 heteroatoms. The molecular weight excluding hydrogens is 364 g/mol. The van der Waals surface area contributed by atoms with Crippen LogP contribution in [-0.4, -0.2) is 79.7 Å². The highest BCUT2D eigenvalue weighted by molar-refractivity contribution is 7.91. The normalized spacial score (nSPS) is 19.2. The molecule has 140 valence electrons. The SMILES string of the molecule is Cc1nc(NC(=O)C(=O)N(CCN(C)C)C2CCS(=O)(=O)C2)sc1C. The van der Waals surface area contributed by atoms with Gasteiger partial charge in [-0.15, -0.1) is 11.3 Å². The van der Waals surface area contributed by atoms with E-state index in [0.29, 0.717) is 24.6 Å². The van der Waals surface area contributed by atoms with E-state index in [1.807, 2.05) is 32.8 Å². The molecule has 1 aliphatic heterocycles. The molecule has 2 rings (SSSR count). The third-order valence-electron chi connectivity index (χ3n) is 4.14. The number of likely N-dealkylation sites (N-methyl/N-ethyl adjacent to an activating group) is 1. The molecule has 0 saturated carbocycles. The van der Waals surface area contributed by atoms with Crippen molar-refractivity contribution in [1.82, 2.24) is 14.8 Å². The van der Waals surface area contributed by atoms with E-state index in [1.54, 1.807) is 0 Å². The topological polar surface area (TPSA) is 99.7 Å². The van der Waals surface area contributed by atoms with Gasteiger partial charge in [0.25, 0.3) is 0 Å². The molecule has 1 unspecified atom stereocenters. The van der Waals surface area contributed by atoms with Crippen LogP contribution in [0.15, 0.2) is 0 Å². The molecule has 2 amide bonds. The summed E-state index contributed by atoms with van der Waals surface area (Å²) < 4.78 is 23.5. The van der Waals surface area contributed by atoms with Crippen molar-refractivity contribution in [1.29, 1.82) is 0 Å². The lowest BCUT2D eigenvalue weighted by Gasteiger charge is -2.28. The Kier molecular flexibility index (Phi) is 6.17. The Balaban J connectivity index is 2.11. The summed E-state index contributed by atoms with van der Waals surface area (Å²) in [5, 5.41) is 2.90. The van der Waals surface area contributed by atoms with Crippen LogP contribution in [0.4, 0.5) is 5.13 Å². The Morgan fingerprint density at radius 2 is 1.96 bits per heavy atom. The molecule has 0 bridgehead atoms. The van der Waals surface area contributed by atoms with E-state index in [2.05, 4.69) is 10.3 Å². The summed E-state index contributed by atoms with van der Waals surface area (Å²) in [5.41, 5.74) is 0.805. The van der Waals surface area contributed by atoms with Gasteiger partial charge in [-0.05, 0) is 34.4 Å². The maximum Gasteiger partial charge on any atom is 0.315 e. The van der Waals surface area contributed by atoms with Gasteiger partial charge in [0.2, 0.25) is 0 Å². The van der Waals surface area contributed by atoms with Crippen LogP contribution >= 0.6 is 11.3 Å². The van der Waals surface area contributed by atoms with Crippen molar-refractivity contribution < 1.29 is 18.0 Å². The van der Waals surface area contributed by atoms with Crippen molar-refractivity contribution in [2.75, 3.05) is 44.0 Å². The van der Waals surface area contributed by atoms with Crippen molar-refractivity contribution in [2.24, 2.45) is 0 Å². The number of nitrogens with one attached hydrogen (secondary N) is 1. The first-order valence-corrected chi connectivity index (χ1v) is 10.6. The van der Waals surface area contributed by atoms with Crippen LogP contribution in [0.3, 0.4) is 0 Å². The Labute approximate surface area is 152 Å². The van der Waals surface area contributed by atoms with E-state index in [1.165, 1.54) is 16.2 Å². The van der Waals surface area contributed by atoms with Crippen LogP contribution in [-0.2, 0) is 19.4 Å².